The van der Waals surface area contributed by atoms with Gasteiger partial charge in [0.2, 0.25) is 0 Å². The lowest BCUT2D eigenvalue weighted by atomic mass is 10.1. The molecule has 6 nitrogen and oxygen atoms in total. The molecule has 0 amide bonds. The minimum atomic E-state index is -1.20. The molecule has 2 heterocycles. The topological polar surface area (TPSA) is 85.1 Å². The lowest BCUT2D eigenvalue weighted by Gasteiger charge is -2.15. The maximum atomic E-state index is 12.2. The second kappa shape index (κ2) is 5.64. The Labute approximate surface area is 115 Å². The van der Waals surface area contributed by atoms with Gasteiger partial charge in [0.25, 0.3) is 5.56 Å². The van der Waals surface area contributed by atoms with Gasteiger partial charge in [0.05, 0.1) is 5.69 Å². The van der Waals surface area contributed by atoms with Gasteiger partial charge in [0.1, 0.15) is 5.56 Å². The van der Waals surface area contributed by atoms with Crippen molar-refractivity contribution in [2.24, 2.45) is 0 Å². The molecule has 1 atom stereocenters. The molecule has 0 saturated heterocycles. The largest absolute Gasteiger partial charge is 0.477 e. The van der Waals surface area contributed by atoms with E-state index < -0.39 is 11.5 Å². The summed E-state index contributed by atoms with van der Waals surface area (Å²) in [5.74, 6) is -1.20. The van der Waals surface area contributed by atoms with Gasteiger partial charge < -0.3 is 9.67 Å². The zero-order valence-electron chi connectivity index (χ0n) is 11.3. The van der Waals surface area contributed by atoms with Gasteiger partial charge in [-0.05, 0) is 25.5 Å². The molecule has 2 aromatic heterocycles. The van der Waals surface area contributed by atoms with Gasteiger partial charge in [0, 0.05) is 37.3 Å². The highest BCUT2D eigenvalue weighted by atomic mass is 16.4. The highest BCUT2D eigenvalue weighted by molar-refractivity contribution is 5.88. The summed E-state index contributed by atoms with van der Waals surface area (Å²) in [4.78, 5) is 31.5. The maximum absolute atomic E-state index is 12.2. The standard InChI is InChI=1S/C14H15N3O3/c1-9-3-6-17(13(18)12(9)14(19)20)10(2)7-11-8-15-4-5-16-11/h3-6,8,10H,7H2,1-2H3,(H,19,20). The van der Waals surface area contributed by atoms with E-state index in [1.54, 1.807) is 37.8 Å². The summed E-state index contributed by atoms with van der Waals surface area (Å²) >= 11 is 0. The number of carboxylic acid groups (broad SMARTS) is 1. The molecule has 0 saturated carbocycles. The van der Waals surface area contributed by atoms with E-state index in [2.05, 4.69) is 9.97 Å². The number of hydrogen-bond acceptors (Lipinski definition) is 4. The maximum Gasteiger partial charge on any atom is 0.341 e. The van der Waals surface area contributed by atoms with Gasteiger partial charge in [-0.1, -0.05) is 0 Å². The van der Waals surface area contributed by atoms with Crippen LogP contribution in [0.5, 0.6) is 0 Å². The van der Waals surface area contributed by atoms with Gasteiger partial charge in [-0.3, -0.25) is 14.8 Å². The number of aryl methyl sites for hydroxylation is 1. The van der Waals surface area contributed by atoms with E-state index in [9.17, 15) is 9.59 Å². The first-order valence-corrected chi connectivity index (χ1v) is 6.20. The Balaban J connectivity index is 2.36. The third-order valence-electron chi connectivity index (χ3n) is 3.14. The minimum absolute atomic E-state index is 0.182. The minimum Gasteiger partial charge on any atom is -0.477 e. The lowest BCUT2D eigenvalue weighted by molar-refractivity contribution is 0.0693. The third-order valence-corrected chi connectivity index (χ3v) is 3.14. The van der Waals surface area contributed by atoms with Crippen LogP contribution in [0.2, 0.25) is 0 Å². The molecule has 20 heavy (non-hydrogen) atoms. The van der Waals surface area contributed by atoms with Gasteiger partial charge in [-0.2, -0.15) is 0 Å². The molecule has 0 spiro atoms. The molecule has 1 unspecified atom stereocenters. The summed E-state index contributed by atoms with van der Waals surface area (Å²) in [6.45, 7) is 3.46. The summed E-state index contributed by atoms with van der Waals surface area (Å²) in [7, 11) is 0. The average molecular weight is 273 g/mol. The van der Waals surface area contributed by atoms with Crippen molar-refractivity contribution in [2.75, 3.05) is 0 Å². The fourth-order valence-electron chi connectivity index (χ4n) is 2.08. The van der Waals surface area contributed by atoms with Crippen molar-refractivity contribution < 1.29 is 9.90 Å². The van der Waals surface area contributed by atoms with Gasteiger partial charge >= 0.3 is 5.97 Å². The van der Waals surface area contributed by atoms with Crippen LogP contribution in [0.15, 0.2) is 35.6 Å². The Morgan fingerprint density at radius 1 is 1.45 bits per heavy atom. The van der Waals surface area contributed by atoms with Gasteiger partial charge in [-0.25, -0.2) is 4.79 Å². The molecule has 0 fully saturated rings. The van der Waals surface area contributed by atoms with Crippen molar-refractivity contribution in [1.29, 1.82) is 0 Å². The van der Waals surface area contributed by atoms with Crippen molar-refractivity contribution >= 4 is 5.97 Å². The Morgan fingerprint density at radius 2 is 2.20 bits per heavy atom. The normalized spacial score (nSPS) is 12.1. The summed E-state index contributed by atoms with van der Waals surface area (Å²) in [6, 6.07) is 1.44. The molecule has 0 aliphatic heterocycles. The molecule has 104 valence electrons. The Kier molecular flexibility index (Phi) is 3.93. The third kappa shape index (κ3) is 2.74. The van der Waals surface area contributed by atoms with Crippen LogP contribution in [-0.4, -0.2) is 25.6 Å². The first-order chi connectivity index (χ1) is 9.50. The zero-order valence-corrected chi connectivity index (χ0v) is 11.3. The van der Waals surface area contributed by atoms with Gasteiger partial charge in [0.15, 0.2) is 0 Å². The molecular weight excluding hydrogens is 258 g/mol. The van der Waals surface area contributed by atoms with E-state index in [1.807, 2.05) is 6.92 Å². The number of pyridine rings is 1. The van der Waals surface area contributed by atoms with E-state index in [1.165, 1.54) is 4.57 Å². The highest BCUT2D eigenvalue weighted by Crippen LogP contribution is 2.11. The molecule has 0 aliphatic carbocycles. The predicted octanol–water partition coefficient (Wildman–Crippen LogP) is 1.45. The Bertz CT molecular complexity index is 680. The highest BCUT2D eigenvalue weighted by Gasteiger charge is 2.17. The Hall–Kier alpha value is -2.50. The van der Waals surface area contributed by atoms with E-state index in [0.29, 0.717) is 12.0 Å². The van der Waals surface area contributed by atoms with Crippen LogP contribution in [0.4, 0.5) is 0 Å². The van der Waals surface area contributed by atoms with Crippen LogP contribution >= 0.6 is 0 Å². The Morgan fingerprint density at radius 3 is 2.80 bits per heavy atom. The molecule has 2 rings (SSSR count). The van der Waals surface area contributed by atoms with Crippen LogP contribution in [0.1, 0.15) is 34.6 Å². The second-order valence-corrected chi connectivity index (χ2v) is 4.64. The molecular formula is C14H15N3O3. The van der Waals surface area contributed by atoms with Crippen LogP contribution in [-0.2, 0) is 6.42 Å². The molecule has 6 heteroatoms. The van der Waals surface area contributed by atoms with E-state index >= 15 is 0 Å². The fraction of sp³-hybridized carbons (Fsp3) is 0.286. The number of carboxylic acids is 1. The van der Waals surface area contributed by atoms with Crippen molar-refractivity contribution in [3.05, 3.63) is 58.0 Å². The van der Waals surface area contributed by atoms with Crippen molar-refractivity contribution in [3.63, 3.8) is 0 Å². The second-order valence-electron chi connectivity index (χ2n) is 4.64. The number of aromatic carboxylic acids is 1. The molecule has 2 aromatic rings. The summed E-state index contributed by atoms with van der Waals surface area (Å²) in [5.41, 5.74) is 0.544. The molecule has 0 radical (unpaired) electrons. The number of nitrogens with zero attached hydrogens (tertiary/aromatic N) is 3. The quantitative estimate of drug-likeness (QED) is 0.911. The number of aromatic nitrogens is 3. The lowest BCUT2D eigenvalue weighted by Crippen LogP contribution is -2.30. The van der Waals surface area contributed by atoms with Crippen LogP contribution in [0.3, 0.4) is 0 Å². The molecule has 0 bridgehead atoms. The van der Waals surface area contributed by atoms with Crippen molar-refractivity contribution in [2.45, 2.75) is 26.3 Å². The van der Waals surface area contributed by atoms with Crippen molar-refractivity contribution in [3.8, 4) is 0 Å². The first kappa shape index (κ1) is 13.9. The summed E-state index contributed by atoms with van der Waals surface area (Å²) < 4.78 is 1.42. The van der Waals surface area contributed by atoms with E-state index in [0.717, 1.165) is 5.69 Å². The van der Waals surface area contributed by atoms with Crippen molar-refractivity contribution in [1.82, 2.24) is 14.5 Å². The summed E-state index contributed by atoms with van der Waals surface area (Å²) in [6.07, 6.45) is 6.92. The predicted molar refractivity (Wildman–Crippen MR) is 72.8 cm³/mol. The first-order valence-electron chi connectivity index (χ1n) is 6.20. The average Bonchev–Trinajstić information content (AvgIpc) is 2.39. The van der Waals surface area contributed by atoms with Crippen LogP contribution in [0, 0.1) is 6.92 Å². The smallest absolute Gasteiger partial charge is 0.341 e. The monoisotopic (exact) mass is 273 g/mol. The fourth-order valence-corrected chi connectivity index (χ4v) is 2.08. The molecule has 0 aromatic carbocycles. The SMILES string of the molecule is Cc1ccn(C(C)Cc2cnccn2)c(=O)c1C(=O)O. The number of hydrogen-bond donors (Lipinski definition) is 1. The summed E-state index contributed by atoms with van der Waals surface area (Å²) in [5, 5.41) is 9.11. The molecule has 0 aliphatic rings. The number of rotatable bonds is 4. The number of carbonyl (C=O) groups is 1. The van der Waals surface area contributed by atoms with Crippen LogP contribution < -0.4 is 5.56 Å². The van der Waals surface area contributed by atoms with E-state index in [4.69, 9.17) is 5.11 Å². The van der Waals surface area contributed by atoms with Gasteiger partial charge in [-0.15, -0.1) is 0 Å². The molecule has 1 N–H and O–H groups in total. The zero-order chi connectivity index (χ0) is 14.7. The van der Waals surface area contributed by atoms with E-state index in [-0.39, 0.29) is 11.6 Å². The van der Waals surface area contributed by atoms with Crippen LogP contribution in [0.25, 0.3) is 0 Å².